The van der Waals surface area contributed by atoms with Gasteiger partial charge in [0.2, 0.25) is 15.9 Å². The summed E-state index contributed by atoms with van der Waals surface area (Å²) < 4.78 is 53.4. The van der Waals surface area contributed by atoms with Crippen LogP contribution in [0.3, 0.4) is 0 Å². The van der Waals surface area contributed by atoms with Crippen LogP contribution in [0.25, 0.3) is 0 Å². The highest BCUT2D eigenvalue weighted by atomic mass is 32.2. The van der Waals surface area contributed by atoms with Gasteiger partial charge in [-0.2, -0.15) is 0 Å². The smallest absolute Gasteiger partial charge is 0.223 e. The molecule has 1 atom stereocenters. The first kappa shape index (κ1) is 21.8. The third-order valence-electron chi connectivity index (χ3n) is 4.93. The number of halogens is 2. The zero-order valence-corrected chi connectivity index (χ0v) is 16.7. The molecule has 1 fully saturated rings. The predicted octanol–water partition coefficient (Wildman–Crippen LogP) is 2.85. The Balaban J connectivity index is 1.85. The van der Waals surface area contributed by atoms with Crippen molar-refractivity contribution >= 4 is 15.9 Å². The second-order valence-corrected chi connectivity index (χ2v) is 9.25. The molecule has 0 aliphatic carbocycles. The third kappa shape index (κ3) is 5.97. The van der Waals surface area contributed by atoms with E-state index in [9.17, 15) is 22.0 Å². The molecule has 0 spiro atoms. The lowest BCUT2D eigenvalue weighted by Gasteiger charge is -2.31. The van der Waals surface area contributed by atoms with Crippen LogP contribution in [0.1, 0.15) is 45.1 Å². The number of benzene rings is 1. The molecule has 1 aromatic carbocycles. The number of sulfonamides is 1. The molecule has 0 bridgehead atoms. The minimum atomic E-state index is -3.25. The largest absolute Gasteiger partial charge is 0.353 e. The average molecular weight is 403 g/mol. The number of unbranched alkanes of at least 4 members (excludes halogenated alkanes) is 1. The maximum atomic E-state index is 13.7. The van der Waals surface area contributed by atoms with E-state index in [1.807, 2.05) is 6.92 Å². The molecule has 1 aromatic rings. The van der Waals surface area contributed by atoms with Crippen molar-refractivity contribution in [2.45, 2.75) is 52.0 Å². The van der Waals surface area contributed by atoms with Gasteiger partial charge < -0.3 is 5.32 Å². The quantitative estimate of drug-likeness (QED) is 0.727. The van der Waals surface area contributed by atoms with Gasteiger partial charge in [-0.05, 0) is 44.7 Å². The van der Waals surface area contributed by atoms with Crippen LogP contribution in [0.5, 0.6) is 0 Å². The zero-order chi connectivity index (χ0) is 20.0. The molecule has 1 unspecified atom stereocenters. The van der Waals surface area contributed by atoms with Gasteiger partial charge in [-0.15, -0.1) is 0 Å². The van der Waals surface area contributed by atoms with Crippen molar-refractivity contribution < 1.29 is 22.0 Å². The van der Waals surface area contributed by atoms with Crippen LogP contribution in [0, 0.1) is 17.6 Å². The van der Waals surface area contributed by atoms with Gasteiger partial charge in [-0.1, -0.05) is 19.4 Å². The van der Waals surface area contributed by atoms with Crippen molar-refractivity contribution in [3.63, 3.8) is 0 Å². The second kappa shape index (κ2) is 9.59. The highest BCUT2D eigenvalue weighted by molar-refractivity contribution is 7.89. The van der Waals surface area contributed by atoms with E-state index in [-0.39, 0.29) is 29.6 Å². The lowest BCUT2D eigenvalue weighted by atomic mass is 9.96. The molecule has 2 rings (SSSR count). The summed E-state index contributed by atoms with van der Waals surface area (Å²) in [6.07, 6.45) is 2.43. The number of carbonyl (C=O) groups is 1. The summed E-state index contributed by atoms with van der Waals surface area (Å²) in [5.41, 5.74) is -0.0397. The normalized spacial score (nSPS) is 17.6. The van der Waals surface area contributed by atoms with E-state index in [0.29, 0.717) is 32.4 Å². The minimum Gasteiger partial charge on any atom is -0.353 e. The van der Waals surface area contributed by atoms with Gasteiger partial charge in [-0.25, -0.2) is 21.5 Å². The first-order valence-corrected chi connectivity index (χ1v) is 11.1. The van der Waals surface area contributed by atoms with Crippen molar-refractivity contribution in [2.24, 2.45) is 5.92 Å². The summed E-state index contributed by atoms with van der Waals surface area (Å²) in [7, 11) is -3.25. The molecule has 8 heteroatoms. The molecule has 0 radical (unpaired) electrons. The van der Waals surface area contributed by atoms with Gasteiger partial charge in [0.25, 0.3) is 0 Å². The average Bonchev–Trinajstić information content (AvgIpc) is 2.63. The Hall–Kier alpha value is -1.54. The Morgan fingerprint density at radius 3 is 2.41 bits per heavy atom. The van der Waals surface area contributed by atoms with Gasteiger partial charge in [0, 0.05) is 30.6 Å². The molecule has 27 heavy (non-hydrogen) atoms. The van der Waals surface area contributed by atoms with Crippen LogP contribution in [0.15, 0.2) is 18.2 Å². The third-order valence-corrected chi connectivity index (χ3v) is 6.89. The fraction of sp³-hybridized carbons (Fsp3) is 0.632. The lowest BCUT2D eigenvalue weighted by molar-refractivity contribution is -0.126. The molecule has 1 saturated heterocycles. The van der Waals surface area contributed by atoms with Crippen LogP contribution in [0.4, 0.5) is 8.78 Å². The summed E-state index contributed by atoms with van der Waals surface area (Å²) in [4.78, 5) is 12.4. The number of nitrogens with zero attached hydrogens (tertiary/aromatic N) is 1. The van der Waals surface area contributed by atoms with E-state index in [4.69, 9.17) is 0 Å². The Morgan fingerprint density at radius 1 is 1.26 bits per heavy atom. The predicted molar refractivity (Wildman–Crippen MR) is 101 cm³/mol. The molecule has 1 aliphatic heterocycles. The van der Waals surface area contributed by atoms with Crippen molar-refractivity contribution in [1.29, 1.82) is 0 Å². The Morgan fingerprint density at radius 2 is 1.85 bits per heavy atom. The van der Waals surface area contributed by atoms with E-state index in [1.54, 1.807) is 6.92 Å². The van der Waals surface area contributed by atoms with Gasteiger partial charge >= 0.3 is 0 Å². The van der Waals surface area contributed by atoms with E-state index >= 15 is 0 Å². The van der Waals surface area contributed by atoms with Crippen molar-refractivity contribution in [1.82, 2.24) is 9.62 Å². The monoisotopic (exact) mass is 402 g/mol. The molecule has 1 N–H and O–H groups in total. The first-order valence-electron chi connectivity index (χ1n) is 9.45. The summed E-state index contributed by atoms with van der Waals surface area (Å²) in [6, 6.07) is 3.28. The van der Waals surface area contributed by atoms with Crippen molar-refractivity contribution in [3.8, 4) is 0 Å². The lowest BCUT2D eigenvalue weighted by Crippen LogP contribution is -2.45. The number of rotatable bonds is 8. The highest BCUT2D eigenvalue weighted by Crippen LogP contribution is 2.21. The van der Waals surface area contributed by atoms with Gasteiger partial charge in [0.1, 0.15) is 11.6 Å². The summed E-state index contributed by atoms with van der Waals surface area (Å²) in [6.45, 7) is 4.31. The number of carbonyl (C=O) groups excluding carboxylic acids is 1. The number of nitrogens with one attached hydrogen (secondary N) is 1. The number of amides is 1. The minimum absolute atomic E-state index is 0.0397. The molecule has 1 aliphatic rings. The molecule has 0 saturated carbocycles. The van der Waals surface area contributed by atoms with Gasteiger partial charge in [0.05, 0.1) is 5.75 Å². The molecule has 1 heterocycles. The maximum absolute atomic E-state index is 13.7. The van der Waals surface area contributed by atoms with E-state index in [2.05, 4.69) is 5.32 Å². The van der Waals surface area contributed by atoms with E-state index in [1.165, 1.54) is 22.5 Å². The maximum Gasteiger partial charge on any atom is 0.223 e. The molecular formula is C19H28F2N2O3S. The molecule has 5 nitrogen and oxygen atoms in total. The summed E-state index contributed by atoms with van der Waals surface area (Å²) in [5.74, 6) is -1.57. The molecule has 152 valence electrons. The van der Waals surface area contributed by atoms with Crippen LogP contribution in [-0.4, -0.2) is 43.5 Å². The Labute approximate surface area is 160 Å². The number of hydrogen-bond acceptors (Lipinski definition) is 3. The van der Waals surface area contributed by atoms with E-state index < -0.39 is 27.7 Å². The fourth-order valence-corrected chi connectivity index (χ4v) is 4.98. The SMILES string of the molecule is CCCCS(=O)(=O)N1CCC(C(=O)NC(C)Cc2c(F)cccc2F)CC1. The van der Waals surface area contributed by atoms with Crippen molar-refractivity contribution in [3.05, 3.63) is 35.4 Å². The van der Waals surface area contributed by atoms with Crippen LogP contribution in [-0.2, 0) is 21.2 Å². The zero-order valence-electron chi connectivity index (χ0n) is 15.9. The van der Waals surface area contributed by atoms with Gasteiger partial charge in [-0.3, -0.25) is 4.79 Å². The van der Waals surface area contributed by atoms with Crippen molar-refractivity contribution in [2.75, 3.05) is 18.8 Å². The summed E-state index contributed by atoms with van der Waals surface area (Å²) in [5, 5.41) is 2.80. The topological polar surface area (TPSA) is 66.5 Å². The second-order valence-electron chi connectivity index (χ2n) is 7.16. The fourth-order valence-electron chi connectivity index (χ4n) is 3.30. The Kier molecular flexibility index (Phi) is 7.73. The Bertz CT molecular complexity index is 727. The first-order chi connectivity index (χ1) is 12.7. The molecule has 1 amide bonds. The van der Waals surface area contributed by atoms with Crippen LogP contribution in [0.2, 0.25) is 0 Å². The molecule has 0 aromatic heterocycles. The summed E-state index contributed by atoms with van der Waals surface area (Å²) >= 11 is 0. The number of hydrogen-bond donors (Lipinski definition) is 1. The van der Waals surface area contributed by atoms with Crippen LogP contribution < -0.4 is 5.32 Å². The van der Waals surface area contributed by atoms with Crippen LogP contribution >= 0.6 is 0 Å². The standard InChI is InChI=1S/C19H28F2N2O3S/c1-3-4-12-27(25,26)23-10-8-15(9-11-23)19(24)22-14(2)13-16-17(20)6-5-7-18(16)21/h5-7,14-15H,3-4,8-13H2,1-2H3,(H,22,24). The number of piperidine rings is 1. The molecular weight excluding hydrogens is 374 g/mol. The highest BCUT2D eigenvalue weighted by Gasteiger charge is 2.31. The van der Waals surface area contributed by atoms with Gasteiger partial charge in [0.15, 0.2) is 0 Å². The van der Waals surface area contributed by atoms with E-state index in [0.717, 1.165) is 6.42 Å².